The van der Waals surface area contributed by atoms with Crippen molar-refractivity contribution in [3.8, 4) is 10.6 Å². The molecule has 0 saturated carbocycles. The molecular formula is C23H25N3OS. The van der Waals surface area contributed by atoms with Gasteiger partial charge in [0.15, 0.2) is 0 Å². The lowest BCUT2D eigenvalue weighted by atomic mass is 10.0. The van der Waals surface area contributed by atoms with Crippen LogP contribution in [0.1, 0.15) is 33.6 Å². The van der Waals surface area contributed by atoms with Crippen molar-refractivity contribution in [2.24, 2.45) is 0 Å². The summed E-state index contributed by atoms with van der Waals surface area (Å²) in [6.07, 6.45) is 2.46. The van der Waals surface area contributed by atoms with Gasteiger partial charge >= 0.3 is 0 Å². The zero-order valence-electron chi connectivity index (χ0n) is 16.4. The number of carbonyl (C=O) groups excluding carboxylic acids is 1. The Labute approximate surface area is 169 Å². The first kappa shape index (κ1) is 17.8. The molecule has 28 heavy (non-hydrogen) atoms. The van der Waals surface area contributed by atoms with Crippen molar-refractivity contribution in [1.82, 2.24) is 14.8 Å². The van der Waals surface area contributed by atoms with Gasteiger partial charge in [0, 0.05) is 35.9 Å². The van der Waals surface area contributed by atoms with Gasteiger partial charge in [-0.25, -0.2) is 4.98 Å². The monoisotopic (exact) mass is 391 g/mol. The molecule has 0 radical (unpaired) electrons. The van der Waals surface area contributed by atoms with Gasteiger partial charge in [-0.05, 0) is 57.0 Å². The van der Waals surface area contributed by atoms with E-state index in [0.29, 0.717) is 6.04 Å². The van der Waals surface area contributed by atoms with Gasteiger partial charge in [-0.15, -0.1) is 11.3 Å². The maximum atomic E-state index is 13.6. The molecule has 0 unspecified atom stereocenters. The van der Waals surface area contributed by atoms with Crippen molar-refractivity contribution in [3.63, 3.8) is 0 Å². The van der Waals surface area contributed by atoms with Crippen LogP contribution in [0.15, 0.2) is 36.4 Å². The summed E-state index contributed by atoms with van der Waals surface area (Å²) >= 11 is 1.73. The second kappa shape index (κ2) is 6.98. The van der Waals surface area contributed by atoms with E-state index >= 15 is 0 Å². The molecule has 4 heterocycles. The van der Waals surface area contributed by atoms with Gasteiger partial charge in [0.05, 0.1) is 21.7 Å². The molecule has 144 valence electrons. The molecule has 5 rings (SSSR count). The van der Waals surface area contributed by atoms with E-state index in [1.807, 2.05) is 18.2 Å². The first-order chi connectivity index (χ1) is 13.6. The van der Waals surface area contributed by atoms with Crippen LogP contribution in [-0.4, -0.2) is 52.9 Å². The van der Waals surface area contributed by atoms with E-state index in [2.05, 4.69) is 41.8 Å². The molecule has 2 saturated heterocycles. The number of aromatic nitrogens is 1. The SMILES string of the molecule is Cc1ccc(-c2cc(C(=O)N3CCN4CCC[C@H]4C3)c3cccc(C)c3n2)s1. The van der Waals surface area contributed by atoms with Gasteiger partial charge in [0.1, 0.15) is 0 Å². The normalized spacial score (nSPS) is 19.9. The van der Waals surface area contributed by atoms with Crippen LogP contribution < -0.4 is 0 Å². The second-order valence-electron chi connectivity index (χ2n) is 8.02. The first-order valence-electron chi connectivity index (χ1n) is 10.1. The Morgan fingerprint density at radius 1 is 1.14 bits per heavy atom. The highest BCUT2D eigenvalue weighted by Gasteiger charge is 2.33. The van der Waals surface area contributed by atoms with Crippen molar-refractivity contribution in [2.75, 3.05) is 26.2 Å². The Morgan fingerprint density at radius 2 is 2.04 bits per heavy atom. The predicted molar refractivity (Wildman–Crippen MR) is 115 cm³/mol. The summed E-state index contributed by atoms with van der Waals surface area (Å²) in [5.41, 5.74) is 3.75. The number of amides is 1. The van der Waals surface area contributed by atoms with Crippen molar-refractivity contribution >= 4 is 28.1 Å². The summed E-state index contributed by atoms with van der Waals surface area (Å²) in [5.74, 6) is 0.152. The number of hydrogen-bond donors (Lipinski definition) is 0. The molecule has 1 aromatic carbocycles. The van der Waals surface area contributed by atoms with E-state index in [-0.39, 0.29) is 5.91 Å². The standard InChI is InChI=1S/C23H25N3OS/c1-15-5-3-7-18-19(13-20(24-22(15)18)21-9-8-16(2)28-21)23(27)26-12-11-25-10-4-6-17(25)14-26/h3,5,7-9,13,17H,4,6,10-12,14H2,1-2H3/t17-/m0/s1. The maximum absolute atomic E-state index is 13.6. The van der Waals surface area contributed by atoms with Crippen LogP contribution >= 0.6 is 11.3 Å². The number of hydrogen-bond acceptors (Lipinski definition) is 4. The average Bonchev–Trinajstić information content (AvgIpc) is 3.35. The molecule has 2 aliphatic heterocycles. The number of aryl methyl sites for hydroxylation is 2. The quantitative estimate of drug-likeness (QED) is 0.645. The summed E-state index contributed by atoms with van der Waals surface area (Å²) < 4.78 is 0. The fraction of sp³-hybridized carbons (Fsp3) is 0.391. The van der Waals surface area contributed by atoms with Crippen molar-refractivity contribution in [3.05, 3.63) is 52.4 Å². The Balaban J connectivity index is 1.59. The number of thiophene rings is 1. The third-order valence-electron chi connectivity index (χ3n) is 6.14. The van der Waals surface area contributed by atoms with E-state index in [9.17, 15) is 4.79 Å². The second-order valence-corrected chi connectivity index (χ2v) is 9.31. The molecule has 1 atom stereocenters. The molecule has 1 amide bonds. The van der Waals surface area contributed by atoms with Gasteiger partial charge in [-0.2, -0.15) is 0 Å². The minimum absolute atomic E-state index is 0.152. The summed E-state index contributed by atoms with van der Waals surface area (Å²) in [6, 6.07) is 12.9. The van der Waals surface area contributed by atoms with E-state index in [0.717, 1.165) is 52.2 Å². The minimum atomic E-state index is 0.152. The third kappa shape index (κ3) is 3.03. The molecule has 5 heteroatoms. The molecule has 0 spiro atoms. The van der Waals surface area contributed by atoms with Crippen LogP contribution in [0, 0.1) is 13.8 Å². The van der Waals surface area contributed by atoms with Gasteiger partial charge < -0.3 is 4.90 Å². The van der Waals surface area contributed by atoms with Gasteiger partial charge in [-0.1, -0.05) is 18.2 Å². The van der Waals surface area contributed by atoms with Crippen LogP contribution in [0.25, 0.3) is 21.5 Å². The van der Waals surface area contributed by atoms with Crippen molar-refractivity contribution < 1.29 is 4.79 Å². The number of para-hydroxylation sites is 1. The molecule has 4 nitrogen and oxygen atoms in total. The topological polar surface area (TPSA) is 36.4 Å². The van der Waals surface area contributed by atoms with Gasteiger partial charge in [0.25, 0.3) is 5.91 Å². The smallest absolute Gasteiger partial charge is 0.254 e. The lowest BCUT2D eigenvalue weighted by Crippen LogP contribution is -2.52. The first-order valence-corrected chi connectivity index (χ1v) is 10.9. The molecule has 0 bridgehead atoms. The lowest BCUT2D eigenvalue weighted by molar-refractivity contribution is 0.0573. The average molecular weight is 392 g/mol. The molecule has 2 fully saturated rings. The van der Waals surface area contributed by atoms with Crippen molar-refractivity contribution in [2.45, 2.75) is 32.7 Å². The number of nitrogens with zero attached hydrogens (tertiary/aromatic N) is 3. The highest BCUT2D eigenvalue weighted by Crippen LogP contribution is 2.32. The number of fused-ring (bicyclic) bond motifs is 2. The zero-order valence-corrected chi connectivity index (χ0v) is 17.3. The van der Waals surface area contributed by atoms with E-state index in [1.54, 1.807) is 11.3 Å². The summed E-state index contributed by atoms with van der Waals surface area (Å²) in [4.78, 5) is 25.5. The molecular weight excluding hydrogens is 366 g/mol. The highest BCUT2D eigenvalue weighted by molar-refractivity contribution is 7.15. The van der Waals surface area contributed by atoms with Gasteiger partial charge in [-0.3, -0.25) is 9.69 Å². The number of pyridine rings is 1. The molecule has 0 N–H and O–H groups in total. The summed E-state index contributed by atoms with van der Waals surface area (Å²) in [7, 11) is 0. The number of carbonyl (C=O) groups is 1. The number of piperazine rings is 1. The zero-order chi connectivity index (χ0) is 19.3. The van der Waals surface area contributed by atoms with Gasteiger partial charge in [0.2, 0.25) is 0 Å². The largest absolute Gasteiger partial charge is 0.336 e. The fourth-order valence-electron chi connectivity index (χ4n) is 4.61. The Morgan fingerprint density at radius 3 is 2.86 bits per heavy atom. The van der Waals surface area contributed by atoms with Crippen LogP contribution in [0.3, 0.4) is 0 Å². The molecule has 2 aliphatic rings. The summed E-state index contributed by atoms with van der Waals surface area (Å²) in [6.45, 7) is 8.03. The van der Waals surface area contributed by atoms with E-state index < -0.39 is 0 Å². The third-order valence-corrected chi connectivity index (χ3v) is 7.16. The minimum Gasteiger partial charge on any atom is -0.336 e. The van der Waals surface area contributed by atoms with E-state index in [4.69, 9.17) is 4.98 Å². The molecule has 2 aromatic heterocycles. The molecule has 0 aliphatic carbocycles. The fourth-order valence-corrected chi connectivity index (χ4v) is 5.44. The van der Waals surface area contributed by atoms with Crippen LogP contribution in [-0.2, 0) is 0 Å². The predicted octanol–water partition coefficient (Wildman–Crippen LogP) is 4.50. The van der Waals surface area contributed by atoms with Crippen LogP contribution in [0.4, 0.5) is 0 Å². The van der Waals surface area contributed by atoms with Crippen LogP contribution in [0.2, 0.25) is 0 Å². The highest BCUT2D eigenvalue weighted by atomic mass is 32.1. The Bertz CT molecular complexity index is 1060. The number of rotatable bonds is 2. The van der Waals surface area contributed by atoms with Crippen molar-refractivity contribution in [1.29, 1.82) is 0 Å². The van der Waals surface area contributed by atoms with E-state index in [1.165, 1.54) is 24.3 Å². The summed E-state index contributed by atoms with van der Waals surface area (Å²) in [5, 5.41) is 0.968. The Kier molecular flexibility index (Phi) is 4.44. The Hall–Kier alpha value is -2.24. The number of benzene rings is 1. The lowest BCUT2D eigenvalue weighted by Gasteiger charge is -2.37. The molecule has 3 aromatic rings. The maximum Gasteiger partial charge on any atom is 0.254 e. The van der Waals surface area contributed by atoms with Crippen LogP contribution in [0.5, 0.6) is 0 Å².